The molecule has 0 aliphatic rings. The van der Waals surface area contributed by atoms with Gasteiger partial charge in [-0.1, -0.05) is 17.2 Å². The summed E-state index contributed by atoms with van der Waals surface area (Å²) in [5.41, 5.74) is 0.188. The zero-order chi connectivity index (χ0) is 14.7. The molecule has 1 amide bonds. The Morgan fingerprint density at radius 1 is 1.29 bits per heavy atom. The second-order valence-electron chi connectivity index (χ2n) is 4.22. The van der Waals surface area contributed by atoms with Gasteiger partial charge in [-0.05, 0) is 29.6 Å². The highest BCUT2D eigenvalue weighted by Gasteiger charge is 2.12. The van der Waals surface area contributed by atoms with Gasteiger partial charge in [-0.3, -0.25) is 10.1 Å². The molecular weight excluding hydrogens is 293 g/mol. The van der Waals surface area contributed by atoms with E-state index in [0.717, 1.165) is 10.9 Å². The van der Waals surface area contributed by atoms with Crippen molar-refractivity contribution in [1.29, 1.82) is 0 Å². The van der Waals surface area contributed by atoms with Crippen LogP contribution in [0.15, 0.2) is 46.2 Å². The monoisotopic (exact) mass is 303 g/mol. The summed E-state index contributed by atoms with van der Waals surface area (Å²) in [7, 11) is 0. The summed E-state index contributed by atoms with van der Waals surface area (Å²) in [6.07, 6.45) is 0.514. The molecule has 0 spiro atoms. The van der Waals surface area contributed by atoms with Gasteiger partial charge in [0.15, 0.2) is 0 Å². The summed E-state index contributed by atoms with van der Waals surface area (Å²) in [4.78, 5) is 13.0. The van der Waals surface area contributed by atoms with Crippen LogP contribution in [0.25, 0.3) is 0 Å². The lowest BCUT2D eigenvalue weighted by Gasteiger charge is -2.00. The molecule has 7 heteroatoms. The number of nitrogens with zero attached hydrogens (tertiary/aromatic N) is 2. The van der Waals surface area contributed by atoms with Crippen LogP contribution in [0.4, 0.5) is 10.4 Å². The standard InChI is InChI=1S/C14H10FN3O2S/c15-10-4-1-3-9(7-10)13(19)16-14-18-17-12(20-14)8-11-5-2-6-21-11/h1-7H,8H2,(H,16,18,19). The average molecular weight is 303 g/mol. The Labute approximate surface area is 123 Å². The number of halogens is 1. The van der Waals surface area contributed by atoms with Crippen molar-refractivity contribution in [2.45, 2.75) is 6.42 Å². The number of benzene rings is 1. The fraction of sp³-hybridized carbons (Fsp3) is 0.0714. The van der Waals surface area contributed by atoms with Crippen LogP contribution in [0, 0.1) is 5.82 Å². The van der Waals surface area contributed by atoms with E-state index < -0.39 is 11.7 Å². The number of rotatable bonds is 4. The molecule has 0 aliphatic heterocycles. The van der Waals surface area contributed by atoms with Gasteiger partial charge in [-0.2, -0.15) is 0 Å². The molecular formula is C14H10FN3O2S. The van der Waals surface area contributed by atoms with E-state index in [1.165, 1.54) is 18.2 Å². The van der Waals surface area contributed by atoms with Crippen molar-refractivity contribution in [3.63, 3.8) is 0 Å². The number of hydrogen-bond acceptors (Lipinski definition) is 5. The Morgan fingerprint density at radius 3 is 2.95 bits per heavy atom. The zero-order valence-corrected chi connectivity index (χ0v) is 11.6. The first kappa shape index (κ1) is 13.4. The molecule has 0 atom stereocenters. The number of carbonyl (C=O) groups is 1. The molecule has 0 radical (unpaired) electrons. The van der Waals surface area contributed by atoms with E-state index in [-0.39, 0.29) is 11.6 Å². The third-order valence-corrected chi connectivity index (χ3v) is 3.56. The van der Waals surface area contributed by atoms with Crippen molar-refractivity contribution in [2.75, 3.05) is 5.32 Å². The van der Waals surface area contributed by atoms with Crippen molar-refractivity contribution < 1.29 is 13.6 Å². The van der Waals surface area contributed by atoms with E-state index >= 15 is 0 Å². The first-order chi connectivity index (χ1) is 10.2. The predicted octanol–water partition coefficient (Wildman–Crippen LogP) is 3.11. The van der Waals surface area contributed by atoms with Crippen LogP contribution in [0.2, 0.25) is 0 Å². The number of aromatic nitrogens is 2. The van der Waals surface area contributed by atoms with Gasteiger partial charge < -0.3 is 4.42 Å². The van der Waals surface area contributed by atoms with Gasteiger partial charge in [-0.25, -0.2) is 4.39 Å². The molecule has 0 aliphatic carbocycles. The number of carbonyl (C=O) groups excluding carboxylic acids is 1. The maximum atomic E-state index is 13.1. The molecule has 3 aromatic rings. The van der Waals surface area contributed by atoms with Crippen molar-refractivity contribution >= 4 is 23.3 Å². The normalized spacial score (nSPS) is 10.5. The van der Waals surface area contributed by atoms with Gasteiger partial charge in [0.25, 0.3) is 5.91 Å². The number of anilines is 1. The highest BCUT2D eigenvalue weighted by atomic mass is 32.1. The number of thiophene rings is 1. The summed E-state index contributed by atoms with van der Waals surface area (Å²) in [6, 6.07) is 9.25. The predicted molar refractivity (Wildman–Crippen MR) is 75.8 cm³/mol. The highest BCUT2D eigenvalue weighted by Crippen LogP contribution is 2.16. The van der Waals surface area contributed by atoms with Gasteiger partial charge in [0, 0.05) is 10.4 Å². The van der Waals surface area contributed by atoms with E-state index in [1.807, 2.05) is 17.5 Å². The van der Waals surface area contributed by atoms with Crippen molar-refractivity contribution in [3.05, 3.63) is 63.9 Å². The largest absolute Gasteiger partial charge is 0.407 e. The summed E-state index contributed by atoms with van der Waals surface area (Å²) in [5, 5.41) is 12.0. The lowest BCUT2D eigenvalue weighted by Crippen LogP contribution is -2.12. The topological polar surface area (TPSA) is 68.0 Å². The zero-order valence-electron chi connectivity index (χ0n) is 10.7. The maximum absolute atomic E-state index is 13.1. The molecule has 0 unspecified atom stereocenters. The van der Waals surface area contributed by atoms with E-state index in [2.05, 4.69) is 15.5 Å². The molecule has 0 bridgehead atoms. The third kappa shape index (κ3) is 3.32. The third-order valence-electron chi connectivity index (χ3n) is 2.68. The van der Waals surface area contributed by atoms with E-state index in [4.69, 9.17) is 4.42 Å². The van der Waals surface area contributed by atoms with Gasteiger partial charge in [0.2, 0.25) is 5.89 Å². The molecule has 106 valence electrons. The molecule has 0 fully saturated rings. The molecule has 1 aromatic carbocycles. The molecule has 0 saturated heterocycles. The van der Waals surface area contributed by atoms with Crippen LogP contribution < -0.4 is 5.32 Å². The van der Waals surface area contributed by atoms with Crippen LogP contribution in [0.1, 0.15) is 21.1 Å². The van der Waals surface area contributed by atoms with Gasteiger partial charge in [0.05, 0.1) is 6.42 Å². The number of amides is 1. The lowest BCUT2D eigenvalue weighted by atomic mass is 10.2. The van der Waals surface area contributed by atoms with Gasteiger partial charge in [0.1, 0.15) is 5.82 Å². The Balaban J connectivity index is 1.68. The van der Waals surface area contributed by atoms with Crippen LogP contribution >= 0.6 is 11.3 Å². The Kier molecular flexibility index (Phi) is 3.74. The molecule has 1 N–H and O–H groups in total. The minimum absolute atomic E-state index is 0.00387. The van der Waals surface area contributed by atoms with Crippen molar-refractivity contribution in [1.82, 2.24) is 10.2 Å². The highest BCUT2D eigenvalue weighted by molar-refractivity contribution is 7.09. The molecule has 21 heavy (non-hydrogen) atoms. The van der Waals surface area contributed by atoms with Crippen LogP contribution in [0.5, 0.6) is 0 Å². The Hall–Kier alpha value is -2.54. The Bertz CT molecular complexity index is 755. The second kappa shape index (κ2) is 5.84. The summed E-state index contributed by atoms with van der Waals surface area (Å²) in [6.45, 7) is 0. The van der Waals surface area contributed by atoms with Crippen molar-refractivity contribution in [3.8, 4) is 0 Å². The molecule has 3 rings (SSSR count). The van der Waals surface area contributed by atoms with E-state index in [1.54, 1.807) is 11.3 Å². The van der Waals surface area contributed by atoms with E-state index in [0.29, 0.717) is 12.3 Å². The SMILES string of the molecule is O=C(Nc1nnc(Cc2cccs2)o1)c1cccc(F)c1. The number of hydrogen-bond donors (Lipinski definition) is 1. The smallest absolute Gasteiger partial charge is 0.322 e. The second-order valence-corrected chi connectivity index (χ2v) is 5.25. The fourth-order valence-corrected chi connectivity index (χ4v) is 2.43. The van der Waals surface area contributed by atoms with Crippen LogP contribution in [-0.4, -0.2) is 16.1 Å². The minimum Gasteiger partial charge on any atom is -0.407 e. The summed E-state index contributed by atoms with van der Waals surface area (Å²) < 4.78 is 18.4. The molecule has 2 aromatic heterocycles. The first-order valence-electron chi connectivity index (χ1n) is 6.12. The fourth-order valence-electron chi connectivity index (χ4n) is 1.74. The molecule has 0 saturated carbocycles. The van der Waals surface area contributed by atoms with E-state index in [9.17, 15) is 9.18 Å². The summed E-state index contributed by atoms with van der Waals surface area (Å²) >= 11 is 1.58. The lowest BCUT2D eigenvalue weighted by molar-refractivity contribution is 0.102. The maximum Gasteiger partial charge on any atom is 0.322 e. The van der Waals surface area contributed by atoms with Gasteiger partial charge >= 0.3 is 6.01 Å². The number of nitrogens with one attached hydrogen (secondary N) is 1. The van der Waals surface area contributed by atoms with Crippen LogP contribution in [-0.2, 0) is 6.42 Å². The molecule has 5 nitrogen and oxygen atoms in total. The van der Waals surface area contributed by atoms with Crippen molar-refractivity contribution in [2.24, 2.45) is 0 Å². The molecule has 2 heterocycles. The first-order valence-corrected chi connectivity index (χ1v) is 7.00. The average Bonchev–Trinajstić information content (AvgIpc) is 3.11. The quantitative estimate of drug-likeness (QED) is 0.804. The van der Waals surface area contributed by atoms with Crippen LogP contribution in [0.3, 0.4) is 0 Å². The Morgan fingerprint density at radius 2 is 2.19 bits per heavy atom. The minimum atomic E-state index is -0.499. The van der Waals surface area contributed by atoms with Gasteiger partial charge in [-0.15, -0.1) is 16.4 Å². The summed E-state index contributed by atoms with van der Waals surface area (Å²) in [5.74, 6) is -0.570.